The van der Waals surface area contributed by atoms with E-state index in [1.54, 1.807) is 6.07 Å². The van der Waals surface area contributed by atoms with Gasteiger partial charge in [0.15, 0.2) is 0 Å². The monoisotopic (exact) mass is 206 g/mol. The summed E-state index contributed by atoms with van der Waals surface area (Å²) in [6.07, 6.45) is 3.43. The summed E-state index contributed by atoms with van der Waals surface area (Å²) < 4.78 is 12.7. The number of hydrogen-bond donors (Lipinski definition) is 1. The molecule has 1 saturated heterocycles. The molecule has 0 bridgehead atoms. The van der Waals surface area contributed by atoms with E-state index in [-0.39, 0.29) is 5.82 Å². The van der Waals surface area contributed by atoms with Crippen LogP contribution in [0.3, 0.4) is 0 Å². The average Bonchev–Trinajstić information content (AvgIpc) is 2.30. The largest absolute Gasteiger partial charge is 0.316 e. The van der Waals surface area contributed by atoms with E-state index in [1.165, 1.54) is 23.4 Å². The summed E-state index contributed by atoms with van der Waals surface area (Å²) >= 11 is 0. The maximum atomic E-state index is 12.7. The molecular formula is C12H15FN2. The van der Waals surface area contributed by atoms with Crippen molar-refractivity contribution in [3.63, 3.8) is 0 Å². The zero-order valence-electron chi connectivity index (χ0n) is 8.89. The lowest BCUT2D eigenvalue weighted by atomic mass is 9.98. The van der Waals surface area contributed by atoms with Crippen LogP contribution >= 0.6 is 0 Å². The van der Waals surface area contributed by atoms with Crippen LogP contribution in [0.15, 0.2) is 23.9 Å². The van der Waals surface area contributed by atoms with Gasteiger partial charge in [-0.25, -0.2) is 4.39 Å². The second-order valence-corrected chi connectivity index (χ2v) is 3.84. The molecular weight excluding hydrogens is 191 g/mol. The maximum absolute atomic E-state index is 12.7. The molecule has 0 atom stereocenters. The summed E-state index contributed by atoms with van der Waals surface area (Å²) in [5.74, 6) is -0.276. The van der Waals surface area contributed by atoms with Gasteiger partial charge in [-0.05, 0) is 50.6 Å². The summed E-state index contributed by atoms with van der Waals surface area (Å²) in [7, 11) is 0. The topological polar surface area (TPSA) is 24.9 Å². The van der Waals surface area contributed by atoms with Crippen LogP contribution in [0.25, 0.3) is 5.57 Å². The molecule has 1 N–H and O–H groups in total. The van der Waals surface area contributed by atoms with Crippen molar-refractivity contribution in [1.82, 2.24) is 10.3 Å². The number of nitrogens with one attached hydrogen (secondary N) is 1. The highest BCUT2D eigenvalue weighted by Gasteiger charge is 2.09. The van der Waals surface area contributed by atoms with Gasteiger partial charge in [0.25, 0.3) is 0 Å². The number of halogens is 1. The third kappa shape index (κ3) is 2.42. The minimum atomic E-state index is -0.276. The van der Waals surface area contributed by atoms with Gasteiger partial charge in [-0.3, -0.25) is 4.98 Å². The fourth-order valence-corrected chi connectivity index (χ4v) is 1.88. The van der Waals surface area contributed by atoms with E-state index in [4.69, 9.17) is 0 Å². The van der Waals surface area contributed by atoms with Crippen LogP contribution in [-0.4, -0.2) is 18.1 Å². The molecule has 0 radical (unpaired) electrons. The zero-order chi connectivity index (χ0) is 10.7. The van der Waals surface area contributed by atoms with Crippen molar-refractivity contribution in [2.24, 2.45) is 0 Å². The highest BCUT2D eigenvalue weighted by atomic mass is 19.1. The number of piperidine rings is 1. The second kappa shape index (κ2) is 4.53. The summed E-state index contributed by atoms with van der Waals surface area (Å²) in [5.41, 5.74) is 3.54. The fraction of sp³-hybridized carbons (Fsp3) is 0.417. The van der Waals surface area contributed by atoms with Gasteiger partial charge >= 0.3 is 0 Å². The molecule has 2 heterocycles. The Morgan fingerprint density at radius 1 is 1.33 bits per heavy atom. The van der Waals surface area contributed by atoms with Crippen molar-refractivity contribution in [3.05, 3.63) is 35.4 Å². The van der Waals surface area contributed by atoms with Gasteiger partial charge in [0.05, 0.1) is 11.9 Å². The predicted octanol–water partition coefficient (Wildman–Crippen LogP) is 2.38. The van der Waals surface area contributed by atoms with E-state index in [0.717, 1.165) is 31.6 Å². The van der Waals surface area contributed by atoms with Gasteiger partial charge < -0.3 is 5.32 Å². The number of hydrogen-bond acceptors (Lipinski definition) is 2. The normalized spacial score (nSPS) is 16.5. The van der Waals surface area contributed by atoms with E-state index in [0.29, 0.717) is 0 Å². The Labute approximate surface area is 89.2 Å². The summed E-state index contributed by atoms with van der Waals surface area (Å²) in [6, 6.07) is 3.22. The van der Waals surface area contributed by atoms with E-state index >= 15 is 0 Å². The Kier molecular flexibility index (Phi) is 3.11. The molecule has 2 nitrogen and oxygen atoms in total. The standard InChI is InChI=1S/C12H15FN2/c1-9(10-4-6-14-7-5-10)12-3-2-11(13)8-15-12/h2-3,8,14H,4-7H2,1H3. The number of aromatic nitrogens is 1. The smallest absolute Gasteiger partial charge is 0.141 e. The van der Waals surface area contributed by atoms with Crippen molar-refractivity contribution >= 4 is 5.57 Å². The molecule has 1 aliphatic rings. The third-order valence-electron chi connectivity index (χ3n) is 2.85. The number of pyridine rings is 1. The minimum absolute atomic E-state index is 0.276. The highest BCUT2D eigenvalue weighted by Crippen LogP contribution is 2.22. The van der Waals surface area contributed by atoms with Crippen molar-refractivity contribution in [2.45, 2.75) is 19.8 Å². The summed E-state index contributed by atoms with van der Waals surface area (Å²) in [6.45, 7) is 4.14. The van der Waals surface area contributed by atoms with Gasteiger partial charge in [0.2, 0.25) is 0 Å². The quantitative estimate of drug-likeness (QED) is 0.763. The Morgan fingerprint density at radius 3 is 2.67 bits per heavy atom. The van der Waals surface area contributed by atoms with Crippen LogP contribution < -0.4 is 5.32 Å². The van der Waals surface area contributed by atoms with Gasteiger partial charge in [-0.1, -0.05) is 5.57 Å². The fourth-order valence-electron chi connectivity index (χ4n) is 1.88. The molecule has 1 aromatic rings. The van der Waals surface area contributed by atoms with Crippen molar-refractivity contribution < 1.29 is 4.39 Å². The summed E-state index contributed by atoms with van der Waals surface area (Å²) in [4.78, 5) is 4.10. The molecule has 80 valence electrons. The second-order valence-electron chi connectivity index (χ2n) is 3.84. The van der Waals surface area contributed by atoms with Crippen LogP contribution in [0.4, 0.5) is 4.39 Å². The van der Waals surface area contributed by atoms with Gasteiger partial charge in [0, 0.05) is 0 Å². The van der Waals surface area contributed by atoms with Crippen LogP contribution in [0.5, 0.6) is 0 Å². The van der Waals surface area contributed by atoms with Gasteiger partial charge in [-0.2, -0.15) is 0 Å². The van der Waals surface area contributed by atoms with E-state index in [2.05, 4.69) is 17.2 Å². The Hall–Kier alpha value is -1.22. The third-order valence-corrected chi connectivity index (χ3v) is 2.85. The van der Waals surface area contributed by atoms with E-state index in [9.17, 15) is 4.39 Å². The molecule has 1 aliphatic heterocycles. The average molecular weight is 206 g/mol. The first kappa shape index (κ1) is 10.3. The van der Waals surface area contributed by atoms with E-state index in [1.807, 2.05) is 0 Å². The van der Waals surface area contributed by atoms with Gasteiger partial charge in [0.1, 0.15) is 5.82 Å². The molecule has 1 fully saturated rings. The van der Waals surface area contributed by atoms with Crippen LogP contribution in [0.2, 0.25) is 0 Å². The lowest BCUT2D eigenvalue weighted by Gasteiger charge is -2.18. The van der Waals surface area contributed by atoms with Crippen LogP contribution in [-0.2, 0) is 0 Å². The number of rotatable bonds is 1. The first-order valence-electron chi connectivity index (χ1n) is 5.28. The molecule has 0 aromatic carbocycles. The zero-order valence-corrected chi connectivity index (χ0v) is 8.89. The Balaban J connectivity index is 2.25. The molecule has 0 aliphatic carbocycles. The highest BCUT2D eigenvalue weighted by molar-refractivity contribution is 5.64. The molecule has 3 heteroatoms. The minimum Gasteiger partial charge on any atom is -0.316 e. The molecule has 0 amide bonds. The molecule has 0 unspecified atom stereocenters. The first-order chi connectivity index (χ1) is 7.27. The summed E-state index contributed by atoms with van der Waals surface area (Å²) in [5, 5.41) is 3.32. The SMILES string of the molecule is CC(=C1CCNCC1)c1ccc(F)cn1. The first-order valence-corrected chi connectivity index (χ1v) is 5.28. The van der Waals surface area contributed by atoms with Crippen molar-refractivity contribution in [1.29, 1.82) is 0 Å². The lowest BCUT2D eigenvalue weighted by Crippen LogP contribution is -2.23. The lowest BCUT2D eigenvalue weighted by molar-refractivity contribution is 0.610. The molecule has 1 aromatic heterocycles. The van der Waals surface area contributed by atoms with Crippen LogP contribution in [0.1, 0.15) is 25.5 Å². The van der Waals surface area contributed by atoms with Crippen molar-refractivity contribution in [2.75, 3.05) is 13.1 Å². The van der Waals surface area contributed by atoms with Crippen molar-refractivity contribution in [3.8, 4) is 0 Å². The molecule has 0 spiro atoms. The number of allylic oxidation sites excluding steroid dienone is 1. The number of nitrogens with zero attached hydrogens (tertiary/aromatic N) is 1. The van der Waals surface area contributed by atoms with E-state index < -0.39 is 0 Å². The van der Waals surface area contributed by atoms with Gasteiger partial charge in [-0.15, -0.1) is 0 Å². The maximum Gasteiger partial charge on any atom is 0.141 e. The Bertz CT molecular complexity index is 360. The van der Waals surface area contributed by atoms with Crippen LogP contribution in [0, 0.1) is 5.82 Å². The Morgan fingerprint density at radius 2 is 2.07 bits per heavy atom. The molecule has 2 rings (SSSR count). The predicted molar refractivity (Wildman–Crippen MR) is 58.9 cm³/mol. The molecule has 0 saturated carbocycles. The molecule has 15 heavy (non-hydrogen) atoms.